The first-order valence-corrected chi connectivity index (χ1v) is 6.15. The van der Waals surface area contributed by atoms with E-state index in [2.05, 4.69) is 10.1 Å². The number of nitrogens with zero attached hydrogens (tertiary/aromatic N) is 2. The third kappa shape index (κ3) is 5.47. The van der Waals surface area contributed by atoms with E-state index >= 15 is 0 Å². The predicted molar refractivity (Wildman–Crippen MR) is 60.1 cm³/mol. The lowest BCUT2D eigenvalue weighted by molar-refractivity contribution is -0.309. The number of aliphatic hydroxyl groups excluding tert-OH is 1. The molecule has 1 N–H and O–H groups in total. The summed E-state index contributed by atoms with van der Waals surface area (Å²) in [6, 6.07) is 0. The fourth-order valence-electron chi connectivity index (χ4n) is 1.70. The van der Waals surface area contributed by atoms with Crippen LogP contribution in [0.4, 0.5) is 0 Å². The molecular formula is C11H24N2O2. The molecule has 2 saturated heterocycles. The molecule has 2 aliphatic heterocycles. The third-order valence-electron chi connectivity index (χ3n) is 2.58. The Balaban J connectivity index is 0.000000245. The van der Waals surface area contributed by atoms with Crippen LogP contribution in [0.25, 0.3) is 0 Å². The molecule has 4 heteroatoms. The molecule has 0 saturated carbocycles. The van der Waals surface area contributed by atoms with Crippen LogP contribution >= 0.6 is 0 Å². The molecule has 0 unspecified atom stereocenters. The number of hydrogen-bond acceptors (Lipinski definition) is 4. The fourth-order valence-corrected chi connectivity index (χ4v) is 1.70. The lowest BCUT2D eigenvalue weighted by Gasteiger charge is -2.21. The van der Waals surface area contributed by atoms with Crippen LogP contribution in [-0.4, -0.2) is 48.0 Å². The molecule has 2 heterocycles. The Labute approximate surface area is 92.7 Å². The molecule has 4 nitrogen and oxygen atoms in total. The van der Waals surface area contributed by atoms with Gasteiger partial charge in [-0.15, -0.1) is 0 Å². The van der Waals surface area contributed by atoms with Crippen molar-refractivity contribution in [3.63, 3.8) is 0 Å². The van der Waals surface area contributed by atoms with Crippen molar-refractivity contribution >= 4 is 0 Å². The number of hydroxylamine groups is 4. The summed E-state index contributed by atoms with van der Waals surface area (Å²) in [7, 11) is 0. The Morgan fingerprint density at radius 3 is 1.53 bits per heavy atom. The van der Waals surface area contributed by atoms with Crippen molar-refractivity contribution < 1.29 is 10.0 Å². The average molecular weight is 216 g/mol. The molecule has 0 bridgehead atoms. The van der Waals surface area contributed by atoms with E-state index < -0.39 is 0 Å². The molecule has 0 aromatic carbocycles. The van der Waals surface area contributed by atoms with Gasteiger partial charge in [0, 0.05) is 32.8 Å². The molecule has 15 heavy (non-hydrogen) atoms. The Morgan fingerprint density at radius 1 is 0.933 bits per heavy atom. The van der Waals surface area contributed by atoms with E-state index in [9.17, 15) is 0 Å². The zero-order valence-corrected chi connectivity index (χ0v) is 9.82. The van der Waals surface area contributed by atoms with E-state index in [0.717, 1.165) is 32.6 Å². The molecule has 0 aromatic heterocycles. The molecule has 0 atom stereocenters. The zero-order valence-electron chi connectivity index (χ0n) is 9.82. The minimum absolute atomic E-state index is 0.319. The third-order valence-corrected chi connectivity index (χ3v) is 2.58. The summed E-state index contributed by atoms with van der Waals surface area (Å²) in [5, 5.41) is 12.1. The van der Waals surface area contributed by atoms with Gasteiger partial charge in [0.15, 0.2) is 0 Å². The molecule has 2 fully saturated rings. The van der Waals surface area contributed by atoms with Crippen LogP contribution in [0.15, 0.2) is 0 Å². The first kappa shape index (κ1) is 12.9. The minimum Gasteiger partial charge on any atom is -0.396 e. The first-order valence-electron chi connectivity index (χ1n) is 6.15. The highest BCUT2D eigenvalue weighted by atomic mass is 16.8. The van der Waals surface area contributed by atoms with Crippen LogP contribution in [0.1, 0.15) is 39.0 Å². The van der Waals surface area contributed by atoms with Crippen LogP contribution in [-0.2, 0) is 4.94 Å². The normalized spacial score (nSPS) is 22.8. The predicted octanol–water partition coefficient (Wildman–Crippen LogP) is 1.41. The van der Waals surface area contributed by atoms with Gasteiger partial charge in [-0.1, -0.05) is 6.92 Å². The fraction of sp³-hybridized carbons (Fsp3) is 1.00. The first-order chi connectivity index (χ1) is 7.36. The molecule has 0 amide bonds. The van der Waals surface area contributed by atoms with Gasteiger partial charge in [0.05, 0.1) is 0 Å². The molecular weight excluding hydrogens is 192 g/mol. The summed E-state index contributed by atoms with van der Waals surface area (Å²) in [5.74, 6) is 0. The zero-order chi connectivity index (χ0) is 10.9. The van der Waals surface area contributed by atoms with Crippen molar-refractivity contribution in [2.24, 2.45) is 0 Å². The topological polar surface area (TPSA) is 35.9 Å². The van der Waals surface area contributed by atoms with Crippen molar-refractivity contribution in [1.29, 1.82) is 0 Å². The van der Waals surface area contributed by atoms with Crippen molar-refractivity contribution in [2.45, 2.75) is 39.0 Å². The highest BCUT2D eigenvalue weighted by Gasteiger charge is 2.18. The van der Waals surface area contributed by atoms with Crippen molar-refractivity contribution in [3.05, 3.63) is 0 Å². The Morgan fingerprint density at radius 2 is 1.27 bits per heavy atom. The van der Waals surface area contributed by atoms with E-state index in [1.807, 2.05) is 6.92 Å². The van der Waals surface area contributed by atoms with Gasteiger partial charge in [-0.3, -0.25) is 0 Å². The maximum Gasteiger partial charge on any atom is 0.0428 e. The van der Waals surface area contributed by atoms with Crippen LogP contribution in [0.5, 0.6) is 0 Å². The maximum absolute atomic E-state index is 7.88. The lowest BCUT2D eigenvalue weighted by atomic mass is 10.4. The Kier molecular flexibility index (Phi) is 6.92. The van der Waals surface area contributed by atoms with Gasteiger partial charge in [-0.05, 0) is 32.1 Å². The molecule has 2 rings (SSSR count). The van der Waals surface area contributed by atoms with E-state index in [1.165, 1.54) is 25.7 Å². The van der Waals surface area contributed by atoms with Crippen LogP contribution in [0.3, 0.4) is 0 Å². The average Bonchev–Trinajstić information content (AvgIpc) is 2.92. The van der Waals surface area contributed by atoms with Crippen molar-refractivity contribution in [2.75, 3.05) is 32.8 Å². The van der Waals surface area contributed by atoms with Gasteiger partial charge in [-0.2, -0.15) is 10.1 Å². The van der Waals surface area contributed by atoms with E-state index in [0.29, 0.717) is 6.61 Å². The van der Waals surface area contributed by atoms with Gasteiger partial charge in [0.25, 0.3) is 0 Å². The molecule has 2 aliphatic rings. The van der Waals surface area contributed by atoms with Gasteiger partial charge in [0.2, 0.25) is 0 Å². The summed E-state index contributed by atoms with van der Waals surface area (Å²) in [6.07, 6.45) is 6.07. The SMILES string of the molecule is C1CCN(ON2CCCC2)C1.CCCO. The largest absolute Gasteiger partial charge is 0.396 e. The second kappa shape index (κ2) is 8.05. The van der Waals surface area contributed by atoms with E-state index in [1.54, 1.807) is 0 Å². The molecule has 90 valence electrons. The van der Waals surface area contributed by atoms with Crippen LogP contribution in [0, 0.1) is 0 Å². The highest BCUT2D eigenvalue weighted by Crippen LogP contribution is 2.13. The van der Waals surface area contributed by atoms with Crippen LogP contribution in [0.2, 0.25) is 0 Å². The van der Waals surface area contributed by atoms with E-state index in [-0.39, 0.29) is 0 Å². The molecule has 0 spiro atoms. The molecule has 0 radical (unpaired) electrons. The quantitative estimate of drug-likeness (QED) is 0.774. The van der Waals surface area contributed by atoms with E-state index in [4.69, 9.17) is 10.0 Å². The smallest absolute Gasteiger partial charge is 0.0428 e. The Hall–Kier alpha value is -0.160. The number of hydrogen-bond donors (Lipinski definition) is 1. The summed E-state index contributed by atoms with van der Waals surface area (Å²) in [5.41, 5.74) is 0. The van der Waals surface area contributed by atoms with Gasteiger partial charge in [-0.25, -0.2) is 4.94 Å². The van der Waals surface area contributed by atoms with Crippen LogP contribution < -0.4 is 0 Å². The second-order valence-corrected chi connectivity index (χ2v) is 4.08. The lowest BCUT2D eigenvalue weighted by Crippen LogP contribution is -2.31. The number of rotatable bonds is 3. The second-order valence-electron chi connectivity index (χ2n) is 4.08. The Bertz CT molecular complexity index is 128. The summed E-state index contributed by atoms with van der Waals surface area (Å²) < 4.78 is 0. The number of aliphatic hydroxyl groups is 1. The molecule has 0 aliphatic carbocycles. The monoisotopic (exact) mass is 216 g/mol. The van der Waals surface area contributed by atoms with Crippen molar-refractivity contribution in [3.8, 4) is 0 Å². The van der Waals surface area contributed by atoms with Gasteiger partial charge >= 0.3 is 0 Å². The van der Waals surface area contributed by atoms with Gasteiger partial charge < -0.3 is 5.11 Å². The summed E-state index contributed by atoms with van der Waals surface area (Å²) >= 11 is 0. The van der Waals surface area contributed by atoms with Crippen molar-refractivity contribution in [1.82, 2.24) is 10.1 Å². The standard InChI is InChI=1S/C8H16N2O.C3H8O/c1-2-6-9(5-1)11-10-7-3-4-8-10;1-2-3-4/h1-8H2;4H,2-3H2,1H3. The summed E-state index contributed by atoms with van der Waals surface area (Å²) in [6.45, 7) is 6.74. The summed E-state index contributed by atoms with van der Waals surface area (Å²) in [4.78, 5) is 5.64. The van der Waals surface area contributed by atoms with Gasteiger partial charge in [0.1, 0.15) is 0 Å². The minimum atomic E-state index is 0.319. The molecule has 0 aromatic rings. The highest BCUT2D eigenvalue weighted by molar-refractivity contribution is 4.60. The maximum atomic E-state index is 7.88.